The van der Waals surface area contributed by atoms with Crippen molar-refractivity contribution < 1.29 is 13.5 Å². The van der Waals surface area contributed by atoms with Crippen LogP contribution in [0.25, 0.3) is 17.0 Å². The van der Waals surface area contributed by atoms with Crippen molar-refractivity contribution >= 4 is 23.2 Å². The van der Waals surface area contributed by atoms with E-state index < -0.39 is 17.8 Å². The fourth-order valence-corrected chi connectivity index (χ4v) is 4.38. The third-order valence-corrected chi connectivity index (χ3v) is 6.63. The molecule has 2 aromatic heterocycles. The summed E-state index contributed by atoms with van der Waals surface area (Å²) >= 11 is 0. The van der Waals surface area contributed by atoms with Crippen LogP contribution in [0.2, 0.25) is 0 Å². The number of alkyl halides is 2. The van der Waals surface area contributed by atoms with Gasteiger partial charge in [-0.2, -0.15) is 15.0 Å². The lowest BCUT2D eigenvalue weighted by atomic mass is 9.95. The van der Waals surface area contributed by atoms with Gasteiger partial charge >= 0.3 is 0 Å². The Bertz CT molecular complexity index is 1350. The zero-order chi connectivity index (χ0) is 26.9. The first-order valence-electron chi connectivity index (χ1n) is 12.5. The van der Waals surface area contributed by atoms with Gasteiger partial charge in [0.15, 0.2) is 11.6 Å². The van der Waals surface area contributed by atoms with E-state index in [9.17, 15) is 8.78 Å². The number of likely N-dealkylation sites (N-methyl/N-ethyl adjacent to an activating group) is 2. The monoisotopic (exact) mass is 526 g/mol. The van der Waals surface area contributed by atoms with Crippen LogP contribution < -0.4 is 10.6 Å². The highest BCUT2D eigenvalue weighted by molar-refractivity contribution is 5.78. The Kier molecular flexibility index (Phi) is 7.32. The largest absolute Gasteiger partial charge is 0.378 e. The average Bonchev–Trinajstić information content (AvgIpc) is 3.32. The van der Waals surface area contributed by atoms with E-state index in [2.05, 4.69) is 29.7 Å². The second-order valence-corrected chi connectivity index (χ2v) is 9.74. The number of aromatic nitrogens is 5. The topological polar surface area (TPSA) is 114 Å². The number of halogens is 2. The predicted molar refractivity (Wildman–Crippen MR) is 141 cm³/mol. The molecule has 0 saturated carbocycles. The molecule has 0 spiro atoms. The molecule has 1 atom stereocenters. The molecule has 13 heteroatoms. The summed E-state index contributed by atoms with van der Waals surface area (Å²) in [6.45, 7) is 3.81. The lowest BCUT2D eigenvalue weighted by Gasteiger charge is -2.31. The third-order valence-electron chi connectivity index (χ3n) is 6.63. The standard InChI is InChI=1S/C25H32F2N10O/c1-34(2)10-11-35(3)19-8-9-25(28,16-29-19)22-31-23(36-12-14-38-15-13-36)33-24(32-22)37-18-7-5-4-6-17(18)30-21(37)20(26)27/h4-8,16,20H,9-15,28H2,1-3H3. The van der Waals surface area contributed by atoms with E-state index in [1.54, 1.807) is 30.5 Å². The Morgan fingerprint density at radius 3 is 2.45 bits per heavy atom. The molecule has 38 heavy (non-hydrogen) atoms. The smallest absolute Gasteiger partial charge is 0.296 e. The summed E-state index contributed by atoms with van der Waals surface area (Å²) in [5, 5.41) is 0. The van der Waals surface area contributed by atoms with Crippen molar-refractivity contribution in [1.29, 1.82) is 0 Å². The van der Waals surface area contributed by atoms with Gasteiger partial charge in [0.1, 0.15) is 11.4 Å². The molecule has 0 bridgehead atoms. The number of para-hydroxylation sites is 2. The number of morpholine rings is 1. The van der Waals surface area contributed by atoms with E-state index >= 15 is 0 Å². The second-order valence-electron chi connectivity index (χ2n) is 9.74. The fourth-order valence-electron chi connectivity index (χ4n) is 4.38. The maximum atomic E-state index is 14.1. The highest BCUT2D eigenvalue weighted by Gasteiger charge is 2.34. The first-order chi connectivity index (χ1) is 18.2. The quantitative estimate of drug-likeness (QED) is 0.470. The molecule has 2 N–H and O–H groups in total. The number of anilines is 1. The molecular weight excluding hydrogens is 494 g/mol. The highest BCUT2D eigenvalue weighted by Crippen LogP contribution is 2.30. The van der Waals surface area contributed by atoms with Gasteiger partial charge in [0.25, 0.3) is 6.43 Å². The number of benzene rings is 1. The number of fused-ring (bicyclic) bond motifs is 1. The van der Waals surface area contributed by atoms with Crippen molar-refractivity contribution in [1.82, 2.24) is 34.3 Å². The van der Waals surface area contributed by atoms with E-state index in [1.165, 1.54) is 4.57 Å². The van der Waals surface area contributed by atoms with Crippen LogP contribution in [0, 0.1) is 0 Å². The van der Waals surface area contributed by atoms with E-state index in [-0.39, 0.29) is 11.8 Å². The van der Waals surface area contributed by atoms with Crippen molar-refractivity contribution in [2.75, 3.05) is 65.4 Å². The molecular formula is C25H32F2N10O. The zero-order valence-electron chi connectivity index (χ0n) is 21.8. The minimum Gasteiger partial charge on any atom is -0.378 e. The molecule has 1 aromatic carbocycles. The van der Waals surface area contributed by atoms with E-state index in [4.69, 9.17) is 15.5 Å². The Hall–Kier alpha value is -3.55. The maximum Gasteiger partial charge on any atom is 0.296 e. The zero-order valence-corrected chi connectivity index (χ0v) is 21.8. The number of rotatable bonds is 8. The number of nitrogens with zero attached hydrogens (tertiary/aromatic N) is 9. The molecule has 0 amide bonds. The van der Waals surface area contributed by atoms with Gasteiger partial charge in [-0.25, -0.2) is 18.8 Å². The molecule has 11 nitrogen and oxygen atoms in total. The van der Waals surface area contributed by atoms with Crippen LogP contribution in [0.4, 0.5) is 14.7 Å². The van der Waals surface area contributed by atoms with Gasteiger partial charge in [0, 0.05) is 39.4 Å². The summed E-state index contributed by atoms with van der Waals surface area (Å²) in [6.07, 6.45) is 1.14. The Morgan fingerprint density at radius 2 is 1.76 bits per heavy atom. The summed E-state index contributed by atoms with van der Waals surface area (Å²) < 4.78 is 35.0. The third kappa shape index (κ3) is 5.22. The van der Waals surface area contributed by atoms with E-state index in [1.807, 2.05) is 32.1 Å². The van der Waals surface area contributed by atoms with Gasteiger partial charge in [0.05, 0.1) is 24.2 Å². The Morgan fingerprint density at radius 1 is 1.03 bits per heavy atom. The number of ether oxygens (including phenoxy) is 1. The number of hydrogen-bond acceptors (Lipinski definition) is 10. The first-order valence-corrected chi connectivity index (χ1v) is 12.5. The molecule has 1 unspecified atom stereocenters. The lowest BCUT2D eigenvalue weighted by Crippen LogP contribution is -2.44. The van der Waals surface area contributed by atoms with Gasteiger partial charge < -0.3 is 25.2 Å². The number of aliphatic imine (C=N–C) groups is 1. The van der Waals surface area contributed by atoms with Crippen molar-refractivity contribution in [3.05, 3.63) is 47.8 Å². The Balaban J connectivity index is 1.57. The van der Waals surface area contributed by atoms with E-state index in [0.717, 1.165) is 18.9 Å². The van der Waals surface area contributed by atoms with Gasteiger partial charge in [-0.1, -0.05) is 12.1 Å². The molecule has 1 saturated heterocycles. The molecule has 2 aliphatic heterocycles. The average molecular weight is 527 g/mol. The van der Waals surface area contributed by atoms with Crippen LogP contribution in [0.3, 0.4) is 0 Å². The molecule has 4 heterocycles. The maximum absolute atomic E-state index is 14.1. The molecule has 3 aromatic rings. The summed E-state index contributed by atoms with van der Waals surface area (Å²) in [7, 11) is 6.01. The summed E-state index contributed by atoms with van der Waals surface area (Å²) in [4.78, 5) is 28.8. The summed E-state index contributed by atoms with van der Waals surface area (Å²) in [6, 6.07) is 6.91. The normalized spacial score (nSPS) is 20.0. The van der Waals surface area contributed by atoms with Gasteiger partial charge in [-0.15, -0.1) is 0 Å². The molecule has 2 aliphatic rings. The summed E-state index contributed by atoms with van der Waals surface area (Å²) in [5.41, 5.74) is 6.56. The van der Waals surface area contributed by atoms with Crippen molar-refractivity contribution in [3.8, 4) is 5.95 Å². The molecule has 0 radical (unpaired) electrons. The van der Waals surface area contributed by atoms with Crippen LogP contribution in [0.15, 0.2) is 41.2 Å². The van der Waals surface area contributed by atoms with Crippen LogP contribution in [0.5, 0.6) is 0 Å². The number of imidazole rings is 1. The summed E-state index contributed by atoms with van der Waals surface area (Å²) in [5.74, 6) is 0.997. The minimum atomic E-state index is -2.83. The molecule has 0 aliphatic carbocycles. The molecule has 1 fully saturated rings. The molecule has 202 valence electrons. The van der Waals surface area contributed by atoms with Crippen LogP contribution >= 0.6 is 0 Å². The number of nitrogens with two attached hydrogens (primary N) is 1. The van der Waals surface area contributed by atoms with Gasteiger partial charge in [-0.05, 0) is 38.7 Å². The van der Waals surface area contributed by atoms with Gasteiger partial charge in [-0.3, -0.25) is 4.57 Å². The van der Waals surface area contributed by atoms with Crippen LogP contribution in [-0.4, -0.2) is 101 Å². The van der Waals surface area contributed by atoms with E-state index in [0.29, 0.717) is 49.7 Å². The first kappa shape index (κ1) is 26.1. The number of hydrogen-bond donors (Lipinski definition) is 1. The SMILES string of the molecule is CN(C)CCN(C)C1=CCC(N)(c2nc(N3CCOCC3)nc(-n3c(C(F)F)nc4ccccc43)n2)C=N1. The van der Waals surface area contributed by atoms with Crippen molar-refractivity contribution in [2.45, 2.75) is 18.4 Å². The second kappa shape index (κ2) is 10.7. The lowest BCUT2D eigenvalue weighted by molar-refractivity contribution is 0.122. The van der Waals surface area contributed by atoms with Crippen LogP contribution in [-0.2, 0) is 10.3 Å². The minimum absolute atomic E-state index is 0.0385. The Labute approximate surface area is 219 Å². The highest BCUT2D eigenvalue weighted by atomic mass is 19.3. The van der Waals surface area contributed by atoms with Crippen LogP contribution in [0.1, 0.15) is 24.5 Å². The van der Waals surface area contributed by atoms with Crippen molar-refractivity contribution in [3.63, 3.8) is 0 Å². The molecule has 5 rings (SSSR count). The van der Waals surface area contributed by atoms with Gasteiger partial charge in [0.2, 0.25) is 11.9 Å². The fraction of sp³-hybridized carbons (Fsp3) is 0.480. The predicted octanol–water partition coefficient (Wildman–Crippen LogP) is 1.95. The van der Waals surface area contributed by atoms with Crippen molar-refractivity contribution in [2.24, 2.45) is 10.7 Å².